The molecule has 2 unspecified atom stereocenters. The van der Waals surface area contributed by atoms with Gasteiger partial charge in [-0.05, 0) is 42.4 Å². The number of alkyl halides is 6. The summed E-state index contributed by atoms with van der Waals surface area (Å²) in [4.78, 5) is 37.0. The molecule has 12 heteroatoms. The molecule has 1 aromatic rings. The van der Waals surface area contributed by atoms with Crippen molar-refractivity contribution in [1.82, 2.24) is 4.90 Å². The van der Waals surface area contributed by atoms with Crippen molar-refractivity contribution in [2.24, 2.45) is 5.92 Å². The van der Waals surface area contributed by atoms with Crippen LogP contribution in [-0.4, -0.2) is 47.5 Å². The Kier molecular flexibility index (Phi) is 8.02. The Morgan fingerprint density at radius 1 is 1.15 bits per heavy atom. The second kappa shape index (κ2) is 10.0. The molecule has 2 rings (SSSR count). The lowest BCUT2D eigenvalue weighted by molar-refractivity contribution is -0.162. The molecule has 1 aromatic carbocycles. The third kappa shape index (κ3) is 6.38. The Bertz CT molecular complexity index is 898. The standard InChI is InChI=1S/C21H23F6NO5/c1-11-10-28(16(19(32)33-2)6-8-18(30)31)17(29)7-4-13(11)12-3-5-14(20(22,23)24)15(9-12)21(25,26)27/h3,5,9,11,13,16H,4,6-8,10H2,1-2H3,(H,30,31)/t11?,13?,16-/m0/s1. The third-order valence-corrected chi connectivity index (χ3v) is 5.72. The van der Waals surface area contributed by atoms with Gasteiger partial charge in [-0.3, -0.25) is 9.59 Å². The summed E-state index contributed by atoms with van der Waals surface area (Å²) in [6.45, 7) is 1.50. The average Bonchev–Trinajstić information content (AvgIpc) is 2.84. The van der Waals surface area contributed by atoms with Crippen molar-refractivity contribution in [2.75, 3.05) is 13.7 Å². The lowest BCUT2D eigenvalue weighted by atomic mass is 9.83. The van der Waals surface area contributed by atoms with Crippen LogP contribution in [0.4, 0.5) is 26.3 Å². The van der Waals surface area contributed by atoms with Gasteiger partial charge in [0, 0.05) is 19.4 Å². The number of carboxylic acids is 1. The van der Waals surface area contributed by atoms with Gasteiger partial charge in [0.1, 0.15) is 6.04 Å². The number of nitrogens with zero attached hydrogens (tertiary/aromatic N) is 1. The van der Waals surface area contributed by atoms with Crippen LogP contribution in [0.3, 0.4) is 0 Å². The molecule has 1 fully saturated rings. The van der Waals surface area contributed by atoms with Gasteiger partial charge in [0.15, 0.2) is 0 Å². The highest BCUT2D eigenvalue weighted by Gasteiger charge is 2.44. The van der Waals surface area contributed by atoms with E-state index in [1.165, 1.54) is 0 Å². The Balaban J connectivity index is 2.39. The quantitative estimate of drug-likeness (QED) is 0.477. The summed E-state index contributed by atoms with van der Waals surface area (Å²) in [5.74, 6) is -3.77. The average molecular weight is 483 g/mol. The minimum Gasteiger partial charge on any atom is -0.481 e. The van der Waals surface area contributed by atoms with Crippen LogP contribution in [0, 0.1) is 5.92 Å². The first-order valence-corrected chi connectivity index (χ1v) is 10.0. The highest BCUT2D eigenvalue weighted by molar-refractivity contribution is 5.85. The monoisotopic (exact) mass is 483 g/mol. The van der Waals surface area contributed by atoms with E-state index in [9.17, 15) is 40.7 Å². The molecule has 0 aliphatic carbocycles. The SMILES string of the molecule is COC(=O)[C@H](CCC(=O)O)N1CC(C)C(c2ccc(C(F)(F)F)c(C(F)(F)F)c2)CCC1=O. The molecule has 0 saturated carbocycles. The van der Waals surface area contributed by atoms with Gasteiger partial charge in [0.05, 0.1) is 18.2 Å². The molecule has 184 valence electrons. The Morgan fingerprint density at radius 2 is 1.76 bits per heavy atom. The summed E-state index contributed by atoms with van der Waals surface area (Å²) in [5.41, 5.74) is -3.60. The molecule has 1 aliphatic rings. The van der Waals surface area contributed by atoms with Gasteiger partial charge in [-0.15, -0.1) is 0 Å². The fourth-order valence-corrected chi connectivity index (χ4v) is 4.11. The summed E-state index contributed by atoms with van der Waals surface area (Å²) in [7, 11) is 1.07. The van der Waals surface area contributed by atoms with Gasteiger partial charge in [-0.2, -0.15) is 26.3 Å². The number of rotatable bonds is 6. The van der Waals surface area contributed by atoms with Gasteiger partial charge in [0.2, 0.25) is 5.91 Å². The maximum Gasteiger partial charge on any atom is 0.417 e. The summed E-state index contributed by atoms with van der Waals surface area (Å²) in [5, 5.41) is 8.92. The van der Waals surface area contributed by atoms with Crippen LogP contribution < -0.4 is 0 Å². The predicted molar refractivity (Wildman–Crippen MR) is 102 cm³/mol. The molecule has 0 bridgehead atoms. The Labute approximate surface area is 185 Å². The highest BCUT2D eigenvalue weighted by Crippen LogP contribution is 2.43. The second-order valence-electron chi connectivity index (χ2n) is 7.94. The first kappa shape index (κ1) is 26.5. The van der Waals surface area contributed by atoms with Gasteiger partial charge in [-0.1, -0.05) is 13.0 Å². The van der Waals surface area contributed by atoms with Gasteiger partial charge in [-0.25, -0.2) is 4.79 Å². The molecule has 1 aliphatic heterocycles. The zero-order valence-corrected chi connectivity index (χ0v) is 17.8. The number of amides is 1. The van der Waals surface area contributed by atoms with E-state index in [4.69, 9.17) is 5.11 Å². The van der Waals surface area contributed by atoms with E-state index >= 15 is 0 Å². The summed E-state index contributed by atoms with van der Waals surface area (Å²) in [6, 6.07) is 0.631. The van der Waals surface area contributed by atoms with Crippen molar-refractivity contribution in [3.63, 3.8) is 0 Å². The van der Waals surface area contributed by atoms with Crippen molar-refractivity contribution in [3.8, 4) is 0 Å². The minimum absolute atomic E-state index is 0.00220. The smallest absolute Gasteiger partial charge is 0.417 e. The number of methoxy groups -OCH3 is 1. The number of halogens is 6. The first-order chi connectivity index (χ1) is 15.2. The number of hydrogen-bond acceptors (Lipinski definition) is 4. The van der Waals surface area contributed by atoms with Crippen molar-refractivity contribution in [3.05, 3.63) is 34.9 Å². The van der Waals surface area contributed by atoms with Crippen LogP contribution in [0.2, 0.25) is 0 Å². The van der Waals surface area contributed by atoms with Crippen LogP contribution in [0.5, 0.6) is 0 Å². The summed E-state index contributed by atoms with van der Waals surface area (Å²) >= 11 is 0. The number of carbonyl (C=O) groups excluding carboxylic acids is 2. The lowest BCUT2D eigenvalue weighted by Crippen LogP contribution is -2.47. The van der Waals surface area contributed by atoms with Crippen molar-refractivity contribution >= 4 is 17.8 Å². The van der Waals surface area contributed by atoms with E-state index in [1.807, 2.05) is 0 Å². The number of carboxylic acid groups (broad SMARTS) is 1. The van der Waals surface area contributed by atoms with Gasteiger partial charge in [0.25, 0.3) is 0 Å². The van der Waals surface area contributed by atoms with E-state index in [-0.39, 0.29) is 31.4 Å². The fraction of sp³-hybridized carbons (Fsp3) is 0.571. The molecular formula is C21H23F6NO5. The summed E-state index contributed by atoms with van der Waals surface area (Å²) < 4.78 is 84.0. The maximum absolute atomic E-state index is 13.3. The Morgan fingerprint density at radius 3 is 2.27 bits per heavy atom. The molecule has 33 heavy (non-hydrogen) atoms. The number of hydrogen-bond donors (Lipinski definition) is 1. The van der Waals surface area contributed by atoms with E-state index in [0.717, 1.165) is 18.1 Å². The molecular weight excluding hydrogens is 460 g/mol. The fourth-order valence-electron chi connectivity index (χ4n) is 4.11. The number of likely N-dealkylation sites (tertiary alicyclic amines) is 1. The van der Waals surface area contributed by atoms with Crippen LogP contribution in [0.15, 0.2) is 18.2 Å². The molecule has 6 nitrogen and oxygen atoms in total. The molecule has 1 saturated heterocycles. The number of aliphatic carboxylic acids is 1. The molecule has 1 heterocycles. The van der Waals surface area contributed by atoms with E-state index in [2.05, 4.69) is 4.74 Å². The van der Waals surface area contributed by atoms with Crippen LogP contribution >= 0.6 is 0 Å². The summed E-state index contributed by atoms with van der Waals surface area (Å²) in [6.07, 6.45) is -11.2. The first-order valence-electron chi connectivity index (χ1n) is 10.0. The largest absolute Gasteiger partial charge is 0.481 e. The molecule has 0 spiro atoms. The van der Waals surface area contributed by atoms with Crippen molar-refractivity contribution in [1.29, 1.82) is 0 Å². The second-order valence-corrected chi connectivity index (χ2v) is 7.94. The number of carbonyl (C=O) groups is 3. The normalized spacial score (nSPS) is 20.8. The third-order valence-electron chi connectivity index (χ3n) is 5.72. The van der Waals surface area contributed by atoms with Crippen LogP contribution in [0.25, 0.3) is 0 Å². The van der Waals surface area contributed by atoms with Gasteiger partial charge < -0.3 is 14.7 Å². The van der Waals surface area contributed by atoms with E-state index in [1.54, 1.807) is 6.92 Å². The number of ether oxygens (including phenoxy) is 1. The molecule has 1 amide bonds. The predicted octanol–water partition coefficient (Wildman–Crippen LogP) is 4.47. The molecule has 0 radical (unpaired) electrons. The molecule has 0 aromatic heterocycles. The van der Waals surface area contributed by atoms with Crippen molar-refractivity contribution < 1.29 is 50.6 Å². The zero-order valence-electron chi connectivity index (χ0n) is 17.8. The van der Waals surface area contributed by atoms with Crippen LogP contribution in [0.1, 0.15) is 55.2 Å². The van der Waals surface area contributed by atoms with Crippen molar-refractivity contribution in [2.45, 2.75) is 56.9 Å². The van der Waals surface area contributed by atoms with Gasteiger partial charge >= 0.3 is 24.3 Å². The lowest BCUT2D eigenvalue weighted by Gasteiger charge is -2.31. The number of benzene rings is 1. The van der Waals surface area contributed by atoms with Crippen LogP contribution in [-0.2, 0) is 31.5 Å². The highest BCUT2D eigenvalue weighted by atomic mass is 19.4. The molecule has 3 atom stereocenters. The zero-order chi connectivity index (χ0) is 25.1. The number of esters is 1. The Hall–Kier alpha value is -2.79. The topological polar surface area (TPSA) is 83.9 Å². The molecule has 1 N–H and O–H groups in total. The maximum atomic E-state index is 13.3. The van der Waals surface area contributed by atoms with E-state index in [0.29, 0.717) is 12.1 Å². The van der Waals surface area contributed by atoms with E-state index < -0.39 is 65.6 Å². The minimum atomic E-state index is -5.23.